The normalized spacial score (nSPS) is 16.8. The van der Waals surface area contributed by atoms with Gasteiger partial charge in [0.1, 0.15) is 30.5 Å². The van der Waals surface area contributed by atoms with Crippen molar-refractivity contribution in [1.82, 2.24) is 9.80 Å². The minimum atomic E-state index is -0.326. The SMILES string of the molecule is COc1cccc(C(=O)N(CC(=O)N2CCc3sccc3[C@@H]2COc2ccc(F)cc2)CC2CC2)c1. The number of benzene rings is 2. The molecule has 188 valence electrons. The van der Waals surface area contributed by atoms with E-state index < -0.39 is 0 Å². The van der Waals surface area contributed by atoms with Crippen LogP contribution >= 0.6 is 11.3 Å². The van der Waals surface area contributed by atoms with E-state index in [1.165, 1.54) is 17.0 Å². The van der Waals surface area contributed by atoms with E-state index in [0.717, 1.165) is 24.8 Å². The topological polar surface area (TPSA) is 59.1 Å². The fourth-order valence-corrected chi connectivity index (χ4v) is 5.53. The number of fused-ring (bicyclic) bond motifs is 1. The summed E-state index contributed by atoms with van der Waals surface area (Å²) in [6.45, 7) is 1.40. The van der Waals surface area contributed by atoms with Gasteiger partial charge in [0, 0.05) is 23.5 Å². The van der Waals surface area contributed by atoms with Crippen LogP contribution in [0.3, 0.4) is 0 Å². The quantitative estimate of drug-likeness (QED) is 0.410. The number of methoxy groups -OCH3 is 1. The largest absolute Gasteiger partial charge is 0.497 e. The molecule has 36 heavy (non-hydrogen) atoms. The number of nitrogens with zero attached hydrogens (tertiary/aromatic N) is 2. The zero-order chi connectivity index (χ0) is 25.1. The van der Waals surface area contributed by atoms with Gasteiger partial charge in [-0.1, -0.05) is 6.07 Å². The summed E-state index contributed by atoms with van der Waals surface area (Å²) >= 11 is 1.68. The Balaban J connectivity index is 1.34. The number of carbonyl (C=O) groups is 2. The van der Waals surface area contributed by atoms with E-state index in [0.29, 0.717) is 36.1 Å². The molecule has 2 aliphatic rings. The van der Waals surface area contributed by atoms with E-state index in [9.17, 15) is 14.0 Å². The van der Waals surface area contributed by atoms with E-state index >= 15 is 0 Å². The van der Waals surface area contributed by atoms with Gasteiger partial charge < -0.3 is 19.3 Å². The monoisotopic (exact) mass is 508 g/mol. The molecule has 1 aromatic heterocycles. The fraction of sp³-hybridized carbons (Fsp3) is 0.357. The molecule has 0 unspecified atom stereocenters. The summed E-state index contributed by atoms with van der Waals surface area (Å²) in [4.78, 5) is 31.8. The zero-order valence-corrected chi connectivity index (χ0v) is 21.0. The molecule has 0 saturated heterocycles. The summed E-state index contributed by atoms with van der Waals surface area (Å²) in [5.41, 5.74) is 1.59. The Morgan fingerprint density at radius 3 is 2.67 bits per heavy atom. The minimum Gasteiger partial charge on any atom is -0.497 e. The lowest BCUT2D eigenvalue weighted by Crippen LogP contribution is -2.48. The standard InChI is InChI=1S/C28H29FN2O4S/c1-34-23-4-2-3-20(15-23)28(33)30(16-19-5-6-19)17-27(32)31-13-11-26-24(12-14-36-26)25(31)18-35-22-9-7-21(29)8-10-22/h2-4,7-10,12,14-15,19,25H,5-6,11,13,16-18H2,1H3/t25-/m0/s1. The molecule has 6 nitrogen and oxygen atoms in total. The van der Waals surface area contributed by atoms with Crippen molar-refractivity contribution in [2.45, 2.75) is 25.3 Å². The number of halogens is 1. The highest BCUT2D eigenvalue weighted by atomic mass is 32.1. The first-order valence-corrected chi connectivity index (χ1v) is 13.1. The van der Waals surface area contributed by atoms with Crippen LogP contribution in [0.2, 0.25) is 0 Å². The van der Waals surface area contributed by atoms with Gasteiger partial charge in [0.05, 0.1) is 13.2 Å². The molecule has 0 spiro atoms. The second-order valence-corrected chi connectivity index (χ2v) is 10.3. The van der Waals surface area contributed by atoms with Crippen LogP contribution < -0.4 is 9.47 Å². The number of hydrogen-bond acceptors (Lipinski definition) is 5. The molecule has 2 heterocycles. The van der Waals surface area contributed by atoms with Gasteiger partial charge in [0.15, 0.2) is 0 Å². The Morgan fingerprint density at radius 2 is 1.92 bits per heavy atom. The smallest absolute Gasteiger partial charge is 0.254 e. The molecule has 1 aliphatic carbocycles. The van der Waals surface area contributed by atoms with Gasteiger partial charge in [-0.3, -0.25) is 9.59 Å². The lowest BCUT2D eigenvalue weighted by atomic mass is 10.0. The Morgan fingerprint density at radius 1 is 1.11 bits per heavy atom. The van der Waals surface area contributed by atoms with Gasteiger partial charge in [-0.25, -0.2) is 4.39 Å². The first-order valence-electron chi connectivity index (χ1n) is 12.2. The van der Waals surface area contributed by atoms with Gasteiger partial charge in [-0.15, -0.1) is 11.3 Å². The fourth-order valence-electron chi connectivity index (χ4n) is 4.60. The van der Waals surface area contributed by atoms with Gasteiger partial charge in [-0.2, -0.15) is 0 Å². The molecule has 0 bridgehead atoms. The van der Waals surface area contributed by atoms with Crippen molar-refractivity contribution in [2.24, 2.45) is 5.92 Å². The molecular formula is C28H29FN2O4S. The molecule has 1 fully saturated rings. The second-order valence-electron chi connectivity index (χ2n) is 9.28. The molecule has 0 radical (unpaired) electrons. The third-order valence-corrected chi connectivity index (χ3v) is 7.74. The first kappa shape index (κ1) is 24.3. The highest BCUT2D eigenvalue weighted by Gasteiger charge is 2.35. The minimum absolute atomic E-state index is 0.0130. The number of amides is 2. The van der Waals surface area contributed by atoms with Gasteiger partial charge >= 0.3 is 0 Å². The molecule has 2 aromatic carbocycles. The molecule has 0 N–H and O–H groups in total. The highest BCUT2D eigenvalue weighted by Crippen LogP contribution is 2.35. The number of ether oxygens (including phenoxy) is 2. The van der Waals surface area contributed by atoms with E-state index in [1.807, 2.05) is 16.3 Å². The summed E-state index contributed by atoms with van der Waals surface area (Å²) in [5.74, 6) is 1.01. The summed E-state index contributed by atoms with van der Waals surface area (Å²) < 4.78 is 24.6. The van der Waals surface area contributed by atoms with Crippen LogP contribution in [0, 0.1) is 11.7 Å². The van der Waals surface area contributed by atoms with Crippen molar-refractivity contribution in [1.29, 1.82) is 0 Å². The molecular weight excluding hydrogens is 479 g/mol. The van der Waals surface area contributed by atoms with Crippen LogP contribution in [0.4, 0.5) is 4.39 Å². The van der Waals surface area contributed by atoms with Gasteiger partial charge in [-0.05, 0) is 84.7 Å². The van der Waals surface area contributed by atoms with Crippen molar-refractivity contribution >= 4 is 23.2 Å². The highest BCUT2D eigenvalue weighted by molar-refractivity contribution is 7.10. The summed E-state index contributed by atoms with van der Waals surface area (Å²) in [6, 6.07) is 14.7. The average Bonchev–Trinajstić information content (AvgIpc) is 3.59. The maximum Gasteiger partial charge on any atom is 0.254 e. The van der Waals surface area contributed by atoms with Crippen molar-refractivity contribution in [3.63, 3.8) is 0 Å². The lowest BCUT2D eigenvalue weighted by molar-refractivity contribution is -0.135. The number of hydrogen-bond donors (Lipinski definition) is 0. The van der Waals surface area contributed by atoms with Gasteiger partial charge in [0.25, 0.3) is 5.91 Å². The average molecular weight is 509 g/mol. The molecule has 5 rings (SSSR count). The van der Waals surface area contributed by atoms with E-state index in [4.69, 9.17) is 9.47 Å². The van der Waals surface area contributed by atoms with Crippen molar-refractivity contribution in [2.75, 3.05) is 33.4 Å². The Labute approximate surface area is 214 Å². The first-order chi connectivity index (χ1) is 17.5. The Kier molecular flexibility index (Phi) is 7.23. The molecule has 3 aromatic rings. The van der Waals surface area contributed by atoms with Crippen LogP contribution in [-0.4, -0.2) is 55.0 Å². The molecule has 8 heteroatoms. The number of rotatable bonds is 9. The lowest BCUT2D eigenvalue weighted by Gasteiger charge is -2.37. The second kappa shape index (κ2) is 10.7. The number of carbonyl (C=O) groups excluding carboxylic acids is 2. The van der Waals surface area contributed by atoms with E-state index in [2.05, 4.69) is 0 Å². The predicted molar refractivity (Wildman–Crippen MR) is 136 cm³/mol. The Bertz CT molecular complexity index is 1220. The maximum atomic E-state index is 13.7. The maximum absolute atomic E-state index is 13.7. The third-order valence-electron chi connectivity index (χ3n) is 6.74. The van der Waals surface area contributed by atoms with Crippen LogP contribution in [-0.2, 0) is 11.2 Å². The van der Waals surface area contributed by atoms with E-state index in [-0.39, 0.29) is 36.8 Å². The zero-order valence-electron chi connectivity index (χ0n) is 20.2. The van der Waals surface area contributed by atoms with Crippen LogP contribution in [0.25, 0.3) is 0 Å². The molecule has 1 atom stereocenters. The predicted octanol–water partition coefficient (Wildman–Crippen LogP) is 4.95. The van der Waals surface area contributed by atoms with Crippen LogP contribution in [0.5, 0.6) is 11.5 Å². The number of thiophene rings is 1. The van der Waals surface area contributed by atoms with Crippen molar-refractivity contribution in [3.05, 3.63) is 81.8 Å². The third kappa shape index (κ3) is 5.54. The Hall–Kier alpha value is -3.39. The summed E-state index contributed by atoms with van der Waals surface area (Å²) in [7, 11) is 1.57. The molecule has 2 amide bonds. The van der Waals surface area contributed by atoms with Crippen LogP contribution in [0.1, 0.15) is 39.7 Å². The van der Waals surface area contributed by atoms with Crippen molar-refractivity contribution in [3.8, 4) is 11.5 Å². The van der Waals surface area contributed by atoms with Crippen LogP contribution in [0.15, 0.2) is 60.0 Å². The summed E-state index contributed by atoms with van der Waals surface area (Å²) in [6.07, 6.45) is 2.93. The van der Waals surface area contributed by atoms with E-state index in [1.54, 1.807) is 59.7 Å². The summed E-state index contributed by atoms with van der Waals surface area (Å²) in [5, 5.41) is 2.04. The van der Waals surface area contributed by atoms with Crippen molar-refractivity contribution < 1.29 is 23.5 Å². The van der Waals surface area contributed by atoms with Gasteiger partial charge in [0.2, 0.25) is 5.91 Å². The molecule has 1 aliphatic heterocycles. The molecule has 1 saturated carbocycles.